The Bertz CT molecular complexity index is 98.1. The second-order valence-corrected chi connectivity index (χ2v) is 1.34. The first-order chi connectivity index (χ1) is 2.00. The molecule has 0 aliphatic carbocycles. The second kappa shape index (κ2) is 38.0. The van der Waals surface area contributed by atoms with E-state index in [1.54, 1.807) is 0 Å². The van der Waals surface area contributed by atoms with Crippen molar-refractivity contribution in [1.82, 2.24) is 0 Å². The summed E-state index contributed by atoms with van der Waals surface area (Å²) in [5.41, 5.74) is 0. The predicted octanol–water partition coefficient (Wildman–Crippen LogP) is -6.25. The topological polar surface area (TPSA) is 264 Å². The van der Waals surface area contributed by atoms with Crippen LogP contribution in [0.5, 0.6) is 0 Å². The average Bonchev–Trinajstić information content (AvgIpc) is 0.722. The number of rotatable bonds is 0. The molecule has 0 saturated carbocycles. The van der Waals surface area contributed by atoms with Gasteiger partial charge in [0.25, 0.3) is 0 Å². The van der Waals surface area contributed by atoms with Gasteiger partial charge in [0.15, 0.2) is 0 Å². The molecule has 90 valence electrons. The maximum atomic E-state index is 8.74. The summed E-state index contributed by atoms with van der Waals surface area (Å²) in [6, 6.07) is 0. The van der Waals surface area contributed by atoms with Gasteiger partial charge in [0, 0.05) is 17.1 Å². The Morgan fingerprint density at radius 1 is 0.692 bits per heavy atom. The van der Waals surface area contributed by atoms with Gasteiger partial charge < -0.3 is 32.9 Å². The molecule has 0 aromatic rings. The third-order valence-corrected chi connectivity index (χ3v) is 0. The van der Waals surface area contributed by atoms with Crippen LogP contribution in [0.1, 0.15) is 0 Å². The van der Waals surface area contributed by atoms with Crippen LogP contribution in [-0.4, -0.2) is 79.9 Å². The van der Waals surface area contributed by atoms with Gasteiger partial charge in [-0.2, -0.15) is 8.42 Å². The molecule has 10 nitrogen and oxygen atoms in total. The summed E-state index contributed by atoms with van der Waals surface area (Å²) in [4.78, 5) is 0. The number of hydrogen-bond acceptors (Lipinski definition) is 2. The Morgan fingerprint density at radius 2 is 0.692 bits per heavy atom. The van der Waals surface area contributed by atoms with Crippen LogP contribution in [0.4, 0.5) is 0 Å². The SMILES string of the molecule is O.O.O.O.O.O.O=S(=O)(O)O.[Fe].[NaH]. The Morgan fingerprint density at radius 3 is 0.692 bits per heavy atom. The molecule has 0 aromatic carbocycles. The van der Waals surface area contributed by atoms with Gasteiger partial charge >= 0.3 is 40.0 Å². The Kier molecular flexibility index (Phi) is 270. The molecule has 0 radical (unpaired) electrons. The van der Waals surface area contributed by atoms with E-state index in [1.807, 2.05) is 0 Å². The monoisotopic (exact) mass is 286 g/mol. The van der Waals surface area contributed by atoms with E-state index in [-0.39, 0.29) is 79.5 Å². The van der Waals surface area contributed by atoms with Crippen LogP contribution < -0.4 is 0 Å². The fourth-order valence-corrected chi connectivity index (χ4v) is 0. The first-order valence-corrected chi connectivity index (χ1v) is 2.10. The first-order valence-electron chi connectivity index (χ1n) is 0.698. The molecule has 0 amide bonds. The molecular weight excluding hydrogens is 271 g/mol. The molecule has 0 rings (SSSR count). The van der Waals surface area contributed by atoms with Crippen molar-refractivity contribution in [1.29, 1.82) is 0 Å². The van der Waals surface area contributed by atoms with E-state index in [1.165, 1.54) is 0 Å². The van der Waals surface area contributed by atoms with E-state index in [0.29, 0.717) is 0 Å². The van der Waals surface area contributed by atoms with Gasteiger partial charge in [0.1, 0.15) is 0 Å². The molecule has 0 aromatic heterocycles. The molecule has 0 unspecified atom stereocenters. The van der Waals surface area contributed by atoms with Crippen LogP contribution >= 0.6 is 0 Å². The summed E-state index contributed by atoms with van der Waals surface area (Å²) in [5, 5.41) is 0. The molecule has 14 N–H and O–H groups in total. The normalized spacial score (nSPS) is 4.46. The van der Waals surface area contributed by atoms with Crippen molar-refractivity contribution in [2.75, 3.05) is 0 Å². The molecule has 0 spiro atoms. The Labute approximate surface area is 107 Å². The molecule has 13 heavy (non-hydrogen) atoms. The fraction of sp³-hybridized carbons (Fsp3) is 0. The van der Waals surface area contributed by atoms with Crippen LogP contribution in [0.2, 0.25) is 0 Å². The maximum absolute atomic E-state index is 8.74. The molecule has 13 heteroatoms. The summed E-state index contributed by atoms with van der Waals surface area (Å²) in [5.74, 6) is 0. The van der Waals surface area contributed by atoms with Crippen molar-refractivity contribution >= 4 is 40.0 Å². The minimum atomic E-state index is -4.67. The minimum absolute atomic E-state index is 0. The van der Waals surface area contributed by atoms with Gasteiger partial charge in [0.2, 0.25) is 0 Å². The first kappa shape index (κ1) is 92.3. The van der Waals surface area contributed by atoms with E-state index in [4.69, 9.17) is 17.5 Å². The molecule has 0 aliphatic rings. The zero-order valence-corrected chi connectivity index (χ0v) is 7.39. The van der Waals surface area contributed by atoms with Crippen molar-refractivity contribution in [3.8, 4) is 0 Å². The van der Waals surface area contributed by atoms with Crippen molar-refractivity contribution in [3.63, 3.8) is 0 Å². The third-order valence-electron chi connectivity index (χ3n) is 0. The Balaban J connectivity index is -0.00000000286. The van der Waals surface area contributed by atoms with Gasteiger partial charge in [-0.25, -0.2) is 0 Å². The van der Waals surface area contributed by atoms with Gasteiger partial charge in [-0.3, -0.25) is 9.11 Å². The molecule has 0 saturated heterocycles. The molecule has 0 heterocycles. The van der Waals surface area contributed by atoms with E-state index in [9.17, 15) is 0 Å². The Hall–Kier alpha value is 1.15. The van der Waals surface area contributed by atoms with Crippen LogP contribution in [0, 0.1) is 0 Å². The molecular formula is H15FeNaO10S. The van der Waals surface area contributed by atoms with Gasteiger partial charge in [-0.1, -0.05) is 0 Å². The van der Waals surface area contributed by atoms with Crippen molar-refractivity contribution < 1.29 is 67.4 Å². The zero-order valence-electron chi connectivity index (χ0n) is 5.47. The third kappa shape index (κ3) is 1240. The van der Waals surface area contributed by atoms with E-state index < -0.39 is 10.4 Å². The van der Waals surface area contributed by atoms with Crippen LogP contribution in [0.25, 0.3) is 0 Å². The predicted molar refractivity (Wildman–Crippen MR) is 43.0 cm³/mol. The van der Waals surface area contributed by atoms with Gasteiger partial charge in [-0.05, 0) is 0 Å². The molecule has 0 atom stereocenters. The van der Waals surface area contributed by atoms with Crippen LogP contribution in [-0.2, 0) is 27.5 Å². The van der Waals surface area contributed by atoms with Crippen molar-refractivity contribution in [2.45, 2.75) is 0 Å². The van der Waals surface area contributed by atoms with Crippen LogP contribution in [0.15, 0.2) is 0 Å². The van der Waals surface area contributed by atoms with Crippen LogP contribution in [0.3, 0.4) is 0 Å². The summed E-state index contributed by atoms with van der Waals surface area (Å²) >= 11 is 0. The molecule has 0 bridgehead atoms. The average molecular weight is 286 g/mol. The van der Waals surface area contributed by atoms with Gasteiger partial charge in [-0.15, -0.1) is 0 Å². The molecule has 0 aliphatic heterocycles. The summed E-state index contributed by atoms with van der Waals surface area (Å²) in [7, 11) is -4.67. The second-order valence-electron chi connectivity index (χ2n) is 0.448. The summed E-state index contributed by atoms with van der Waals surface area (Å²) in [6.07, 6.45) is 0. The quantitative estimate of drug-likeness (QED) is 0.324. The fourth-order valence-electron chi connectivity index (χ4n) is 0. The van der Waals surface area contributed by atoms with Crippen molar-refractivity contribution in [3.05, 3.63) is 0 Å². The number of hydrogen-bond donors (Lipinski definition) is 2. The van der Waals surface area contributed by atoms with Crippen molar-refractivity contribution in [2.24, 2.45) is 0 Å². The summed E-state index contributed by atoms with van der Waals surface area (Å²) < 4.78 is 31.6. The van der Waals surface area contributed by atoms with E-state index in [0.717, 1.165) is 0 Å². The zero-order chi connectivity index (χ0) is 4.50. The standard InChI is InChI=1S/Fe.Na.H2O4S.6H2O.H/c;;1-5(2,3)4;;;;;;;/h;;(H2,1,2,3,4);6*1H2;. The molecule has 0 fully saturated rings. The van der Waals surface area contributed by atoms with Gasteiger partial charge in [0.05, 0.1) is 0 Å². The van der Waals surface area contributed by atoms with E-state index >= 15 is 0 Å². The van der Waals surface area contributed by atoms with E-state index in [2.05, 4.69) is 0 Å². The summed E-state index contributed by atoms with van der Waals surface area (Å²) in [6.45, 7) is 0.